The Balaban J connectivity index is 0.00000372. The predicted octanol–water partition coefficient (Wildman–Crippen LogP) is 11.5. The number of pyridine rings is 1. The summed E-state index contributed by atoms with van der Waals surface area (Å²) in [4.78, 5) is 15.4. The van der Waals surface area contributed by atoms with Crippen LogP contribution in [-0.2, 0) is 27.5 Å². The van der Waals surface area contributed by atoms with E-state index in [2.05, 4.69) is 167 Å². The summed E-state index contributed by atoms with van der Waals surface area (Å²) in [5.74, 6) is 1.71. The first-order chi connectivity index (χ1) is 26.8. The molecule has 262 valence electrons. The number of fused-ring (bicyclic) bond motifs is 7. The molecule has 11 aromatic rings. The normalized spacial score (nSPS) is 11.6. The fraction of sp³-hybridized carbons (Fsp3) is 0.0204. The van der Waals surface area contributed by atoms with Gasteiger partial charge in [-0.25, -0.2) is 9.97 Å². The van der Waals surface area contributed by atoms with Crippen LogP contribution in [0.3, 0.4) is 0 Å². The van der Waals surface area contributed by atoms with Gasteiger partial charge in [-0.05, 0) is 75.6 Å². The zero-order valence-electron chi connectivity index (χ0n) is 29.5. The van der Waals surface area contributed by atoms with Crippen LogP contribution in [0.25, 0.3) is 88.7 Å². The van der Waals surface area contributed by atoms with Crippen LogP contribution < -0.4 is 4.98 Å². The number of imidazole rings is 1. The maximum Gasteiger partial charge on any atom is 2.00 e. The van der Waals surface area contributed by atoms with Gasteiger partial charge in [-0.3, -0.25) is 4.57 Å². The van der Waals surface area contributed by atoms with E-state index >= 15 is 0 Å². The number of benzene rings is 7. The Morgan fingerprint density at radius 1 is 0.545 bits per heavy atom. The van der Waals surface area contributed by atoms with E-state index in [9.17, 15) is 0 Å². The quantitative estimate of drug-likeness (QED) is 0.156. The van der Waals surface area contributed by atoms with Gasteiger partial charge < -0.3 is 9.55 Å². The van der Waals surface area contributed by atoms with Gasteiger partial charge in [-0.2, -0.15) is 0 Å². The Labute approximate surface area is 331 Å². The Morgan fingerprint density at radius 2 is 1.31 bits per heavy atom. The Hall–Kier alpha value is -6.55. The molecule has 0 fully saturated rings. The average molecular weight is 885 g/mol. The van der Waals surface area contributed by atoms with E-state index in [0.717, 1.165) is 89.7 Å². The molecule has 4 aromatic heterocycles. The molecular formula is C49H31N5Pt. The number of rotatable bonds is 6. The molecule has 0 atom stereocenters. The minimum absolute atomic E-state index is 0. The van der Waals surface area contributed by atoms with Crippen LogP contribution in [0, 0.1) is 6.07 Å². The second-order valence-electron chi connectivity index (χ2n) is 13.8. The van der Waals surface area contributed by atoms with E-state index in [4.69, 9.17) is 15.0 Å². The molecule has 0 spiro atoms. The van der Waals surface area contributed by atoms with Crippen LogP contribution in [0.1, 0.15) is 11.1 Å². The third-order valence-electron chi connectivity index (χ3n) is 10.6. The third-order valence-corrected chi connectivity index (χ3v) is 10.6. The van der Waals surface area contributed by atoms with Crippen molar-refractivity contribution in [3.8, 4) is 34.0 Å². The summed E-state index contributed by atoms with van der Waals surface area (Å²) in [5, 5.41) is 4.60. The summed E-state index contributed by atoms with van der Waals surface area (Å²) in [6.07, 6.45) is 2.72. The molecule has 0 aliphatic carbocycles. The molecule has 7 aromatic carbocycles. The van der Waals surface area contributed by atoms with Crippen molar-refractivity contribution in [1.29, 1.82) is 0 Å². The van der Waals surface area contributed by atoms with Crippen molar-refractivity contribution in [2.45, 2.75) is 6.42 Å². The zero-order valence-corrected chi connectivity index (χ0v) is 31.8. The first kappa shape index (κ1) is 33.0. The first-order valence-corrected chi connectivity index (χ1v) is 18.2. The summed E-state index contributed by atoms with van der Waals surface area (Å²) in [6, 6.07) is 63.5. The Morgan fingerprint density at radius 3 is 2.16 bits per heavy atom. The fourth-order valence-corrected chi connectivity index (χ4v) is 8.13. The smallest absolute Gasteiger partial charge is 0.656 e. The van der Waals surface area contributed by atoms with Crippen molar-refractivity contribution in [1.82, 2.24) is 24.1 Å². The van der Waals surface area contributed by atoms with Crippen LogP contribution in [0.4, 0.5) is 0 Å². The van der Waals surface area contributed by atoms with Gasteiger partial charge in [0.25, 0.3) is 0 Å². The molecule has 11 rings (SSSR count). The molecule has 4 heterocycles. The van der Waals surface area contributed by atoms with E-state index in [1.807, 2.05) is 24.4 Å². The fourth-order valence-electron chi connectivity index (χ4n) is 8.13. The number of aromatic nitrogens is 5. The van der Waals surface area contributed by atoms with E-state index in [1.165, 1.54) is 16.5 Å². The van der Waals surface area contributed by atoms with Gasteiger partial charge in [0, 0.05) is 23.0 Å². The molecule has 0 saturated heterocycles. The summed E-state index contributed by atoms with van der Waals surface area (Å²) in [7, 11) is 0. The first-order valence-electron chi connectivity index (χ1n) is 18.2. The average Bonchev–Trinajstić information content (AvgIpc) is 3.91. The molecule has 0 amide bonds. The summed E-state index contributed by atoms with van der Waals surface area (Å²) >= 11 is 0. The zero-order chi connectivity index (χ0) is 35.6. The second kappa shape index (κ2) is 13.4. The van der Waals surface area contributed by atoms with Crippen molar-refractivity contribution in [2.75, 3.05) is 0 Å². The SMILES string of the molecule is [Pt+2].[c-]1c(-c2cccc3c2nc(-c2cccc4c2[n-]c2ccccc24)n3-c2ccccc2)ccc2c3cc(Cc4ccccc4)ccc3n(-c3ccccn3)c12. The number of nitrogens with zero attached hydrogens (tertiary/aromatic N) is 5. The predicted molar refractivity (Wildman–Crippen MR) is 220 cm³/mol. The van der Waals surface area contributed by atoms with E-state index < -0.39 is 0 Å². The van der Waals surface area contributed by atoms with Gasteiger partial charge in [0.2, 0.25) is 0 Å². The molecule has 0 aliphatic rings. The van der Waals surface area contributed by atoms with Crippen LogP contribution in [0.5, 0.6) is 0 Å². The molecule has 6 heteroatoms. The molecule has 0 saturated carbocycles. The van der Waals surface area contributed by atoms with Gasteiger partial charge >= 0.3 is 21.1 Å². The van der Waals surface area contributed by atoms with Crippen molar-refractivity contribution in [2.24, 2.45) is 0 Å². The van der Waals surface area contributed by atoms with Gasteiger partial charge in [-0.1, -0.05) is 132 Å². The summed E-state index contributed by atoms with van der Waals surface area (Å²) in [6.45, 7) is 0. The van der Waals surface area contributed by atoms with E-state index in [1.54, 1.807) is 0 Å². The summed E-state index contributed by atoms with van der Waals surface area (Å²) < 4.78 is 4.51. The molecule has 0 aliphatic heterocycles. The standard InChI is InChI=1S/C49H31N5.Pt/c1-3-13-32(14-4-1)29-33-24-27-43-41(30-33)38-26-25-34(31-45(38)54(43)46-23-9-10-28-50-46)36-18-12-22-44-48(36)52-49(53(44)35-15-5-2-6-16-35)40-20-11-19-39-37-17-7-8-21-42(37)51-47(39)40;/h1-28,30H,29H2;/q-2;+2. The summed E-state index contributed by atoms with van der Waals surface area (Å²) in [5.41, 5.74) is 12.5. The molecule has 0 unspecified atom stereocenters. The van der Waals surface area contributed by atoms with Gasteiger partial charge in [0.15, 0.2) is 0 Å². The molecule has 0 radical (unpaired) electrons. The maximum atomic E-state index is 5.49. The van der Waals surface area contributed by atoms with Gasteiger partial charge in [0.05, 0.1) is 11.0 Å². The van der Waals surface area contributed by atoms with Crippen LogP contribution in [0.2, 0.25) is 0 Å². The van der Waals surface area contributed by atoms with Crippen LogP contribution >= 0.6 is 0 Å². The van der Waals surface area contributed by atoms with E-state index in [-0.39, 0.29) is 21.1 Å². The minimum Gasteiger partial charge on any atom is -0.656 e. The third kappa shape index (κ3) is 5.42. The molecule has 0 N–H and O–H groups in total. The van der Waals surface area contributed by atoms with Crippen LogP contribution in [0.15, 0.2) is 176 Å². The topological polar surface area (TPSA) is 49.7 Å². The van der Waals surface area contributed by atoms with Crippen LogP contribution in [-0.4, -0.2) is 19.1 Å². The number of para-hydroxylation sites is 4. The largest absolute Gasteiger partial charge is 2.00 e. The van der Waals surface area contributed by atoms with Crippen molar-refractivity contribution in [3.63, 3.8) is 0 Å². The number of hydrogen-bond acceptors (Lipinski definition) is 2. The molecule has 0 bridgehead atoms. The monoisotopic (exact) mass is 884 g/mol. The number of hydrogen-bond donors (Lipinski definition) is 0. The second-order valence-corrected chi connectivity index (χ2v) is 13.8. The minimum atomic E-state index is 0. The van der Waals surface area contributed by atoms with E-state index in [0.29, 0.717) is 0 Å². The van der Waals surface area contributed by atoms with Crippen molar-refractivity contribution < 1.29 is 21.1 Å². The van der Waals surface area contributed by atoms with Gasteiger partial charge in [0.1, 0.15) is 11.6 Å². The van der Waals surface area contributed by atoms with Crippen molar-refractivity contribution >= 4 is 54.6 Å². The molecule has 55 heavy (non-hydrogen) atoms. The van der Waals surface area contributed by atoms with Crippen molar-refractivity contribution in [3.05, 3.63) is 193 Å². The molecular weight excluding hydrogens is 854 g/mol. The Kier molecular flexibility index (Phi) is 8.04. The maximum absolute atomic E-state index is 5.49. The Bertz CT molecular complexity index is 3180. The van der Waals surface area contributed by atoms with Gasteiger partial charge in [-0.15, -0.1) is 34.8 Å². The molecule has 5 nitrogen and oxygen atoms in total.